The van der Waals surface area contributed by atoms with E-state index in [2.05, 4.69) is 15.3 Å². The Morgan fingerprint density at radius 1 is 1.38 bits per heavy atom. The summed E-state index contributed by atoms with van der Waals surface area (Å²) in [6.07, 6.45) is 0. The van der Waals surface area contributed by atoms with E-state index >= 15 is 0 Å². The molecule has 5 heteroatoms. The van der Waals surface area contributed by atoms with Crippen LogP contribution in [-0.2, 0) is 0 Å². The third kappa shape index (κ3) is 1.81. The van der Waals surface area contributed by atoms with E-state index < -0.39 is 0 Å². The van der Waals surface area contributed by atoms with Gasteiger partial charge >= 0.3 is 0 Å². The smallest absolute Gasteiger partial charge is 0.147 e. The van der Waals surface area contributed by atoms with E-state index in [-0.39, 0.29) is 11.8 Å². The van der Waals surface area contributed by atoms with Crippen LogP contribution in [0.25, 0.3) is 10.9 Å². The number of phenolic OH excluding ortho intramolecular Hbond substituents is 1. The van der Waals surface area contributed by atoms with Gasteiger partial charge in [0.1, 0.15) is 22.2 Å². The van der Waals surface area contributed by atoms with Crippen LogP contribution in [0.15, 0.2) is 18.2 Å². The maximum atomic E-state index is 9.71. The molecule has 0 bridgehead atoms. The molecule has 4 nitrogen and oxygen atoms in total. The lowest BCUT2D eigenvalue weighted by Crippen LogP contribution is -2.15. The lowest BCUT2D eigenvalue weighted by Gasteiger charge is -2.10. The predicted molar refractivity (Wildman–Crippen MR) is 63.7 cm³/mol. The fraction of sp³-hybridized carbons (Fsp3) is 0.273. The number of fused-ring (bicyclic) bond motifs is 1. The molecule has 1 aromatic heterocycles. The Morgan fingerprint density at radius 2 is 2.12 bits per heavy atom. The summed E-state index contributed by atoms with van der Waals surface area (Å²) in [5.41, 5.74) is 0.486. The summed E-state index contributed by atoms with van der Waals surface area (Å²) in [5.74, 6) is 0.688. The minimum atomic E-state index is -0.0125. The summed E-state index contributed by atoms with van der Waals surface area (Å²) in [7, 11) is 1.82. The zero-order valence-electron chi connectivity index (χ0n) is 9.03. The van der Waals surface area contributed by atoms with Crippen LogP contribution in [0.3, 0.4) is 0 Å². The number of benzene rings is 1. The van der Waals surface area contributed by atoms with Gasteiger partial charge in [-0.3, -0.25) is 0 Å². The quantitative estimate of drug-likeness (QED) is 0.787. The maximum absolute atomic E-state index is 9.71. The number of rotatable bonds is 2. The average Bonchev–Trinajstić information content (AvgIpc) is 2.29. The van der Waals surface area contributed by atoms with Crippen molar-refractivity contribution in [2.24, 2.45) is 0 Å². The predicted octanol–water partition coefficient (Wildman–Crippen LogP) is 2.27. The number of nitrogens with one attached hydrogen (secondary N) is 1. The minimum absolute atomic E-state index is 0.0125. The van der Waals surface area contributed by atoms with E-state index in [1.54, 1.807) is 18.2 Å². The second kappa shape index (κ2) is 4.23. The van der Waals surface area contributed by atoms with E-state index in [4.69, 9.17) is 11.6 Å². The van der Waals surface area contributed by atoms with Crippen LogP contribution in [0, 0.1) is 0 Å². The topological polar surface area (TPSA) is 58.0 Å². The summed E-state index contributed by atoms with van der Waals surface area (Å²) in [4.78, 5) is 8.49. The van der Waals surface area contributed by atoms with Crippen LogP contribution in [-0.4, -0.2) is 22.1 Å². The molecule has 2 aromatic rings. The number of aromatic hydroxyl groups is 1. The van der Waals surface area contributed by atoms with Crippen LogP contribution in [0.2, 0.25) is 5.15 Å². The van der Waals surface area contributed by atoms with Gasteiger partial charge in [0, 0.05) is 5.39 Å². The van der Waals surface area contributed by atoms with Crippen LogP contribution in [0.4, 0.5) is 0 Å². The SMILES string of the molecule is CNC(C)c1nc(Cl)c2cccc(O)c2n1. The third-order valence-electron chi connectivity index (χ3n) is 2.50. The van der Waals surface area contributed by atoms with Gasteiger partial charge in [-0.1, -0.05) is 17.7 Å². The second-order valence-electron chi connectivity index (χ2n) is 3.56. The Labute approximate surface area is 98.3 Å². The molecule has 0 aliphatic heterocycles. The van der Waals surface area contributed by atoms with Gasteiger partial charge in [0.15, 0.2) is 0 Å². The first-order chi connectivity index (χ1) is 7.63. The van der Waals surface area contributed by atoms with Gasteiger partial charge in [-0.05, 0) is 26.1 Å². The van der Waals surface area contributed by atoms with Crippen LogP contribution in [0.5, 0.6) is 5.75 Å². The van der Waals surface area contributed by atoms with E-state index in [1.807, 2.05) is 14.0 Å². The first kappa shape index (κ1) is 11.1. The monoisotopic (exact) mass is 237 g/mol. The van der Waals surface area contributed by atoms with Crippen LogP contribution < -0.4 is 5.32 Å². The van der Waals surface area contributed by atoms with Gasteiger partial charge < -0.3 is 10.4 Å². The molecule has 2 rings (SSSR count). The third-order valence-corrected chi connectivity index (χ3v) is 2.78. The van der Waals surface area contributed by atoms with E-state index in [9.17, 15) is 5.11 Å². The fourth-order valence-corrected chi connectivity index (χ4v) is 1.68. The Morgan fingerprint density at radius 3 is 2.81 bits per heavy atom. The van der Waals surface area contributed by atoms with Gasteiger partial charge in [0.05, 0.1) is 6.04 Å². The molecule has 2 N–H and O–H groups in total. The maximum Gasteiger partial charge on any atom is 0.147 e. The van der Waals surface area contributed by atoms with Gasteiger partial charge in [0.25, 0.3) is 0 Å². The molecule has 1 unspecified atom stereocenters. The second-order valence-corrected chi connectivity index (χ2v) is 3.91. The molecule has 0 amide bonds. The summed E-state index contributed by atoms with van der Waals surface area (Å²) < 4.78 is 0. The van der Waals surface area contributed by atoms with E-state index in [0.717, 1.165) is 0 Å². The van der Waals surface area contributed by atoms with Crippen LogP contribution >= 0.6 is 11.6 Å². The molecule has 0 aliphatic rings. The van der Waals surface area contributed by atoms with Crippen molar-refractivity contribution < 1.29 is 5.11 Å². The molecule has 0 fully saturated rings. The van der Waals surface area contributed by atoms with Gasteiger partial charge in [0.2, 0.25) is 0 Å². The highest BCUT2D eigenvalue weighted by atomic mass is 35.5. The first-order valence-electron chi connectivity index (χ1n) is 4.96. The minimum Gasteiger partial charge on any atom is -0.506 e. The molecule has 1 heterocycles. The Bertz CT molecular complexity index is 530. The highest BCUT2D eigenvalue weighted by molar-refractivity contribution is 6.34. The normalized spacial score (nSPS) is 12.9. The summed E-state index contributed by atoms with van der Waals surface area (Å²) in [6.45, 7) is 1.93. The van der Waals surface area contributed by atoms with Crippen molar-refractivity contribution in [1.29, 1.82) is 0 Å². The highest BCUT2D eigenvalue weighted by Gasteiger charge is 2.12. The molecule has 16 heavy (non-hydrogen) atoms. The number of phenols is 1. The number of hydrogen-bond acceptors (Lipinski definition) is 4. The van der Waals surface area contributed by atoms with Crippen molar-refractivity contribution in [3.8, 4) is 5.75 Å². The molecular weight excluding hydrogens is 226 g/mol. The summed E-state index contributed by atoms with van der Waals surface area (Å²) in [6, 6.07) is 5.07. The molecule has 0 spiro atoms. The van der Waals surface area contributed by atoms with Crippen LogP contribution in [0.1, 0.15) is 18.8 Å². The largest absolute Gasteiger partial charge is 0.506 e. The zero-order chi connectivity index (χ0) is 11.7. The highest BCUT2D eigenvalue weighted by Crippen LogP contribution is 2.28. The first-order valence-corrected chi connectivity index (χ1v) is 5.33. The number of halogens is 1. The van der Waals surface area contributed by atoms with Crippen molar-refractivity contribution in [3.05, 3.63) is 29.2 Å². The van der Waals surface area contributed by atoms with Gasteiger partial charge in [-0.2, -0.15) is 0 Å². The average molecular weight is 238 g/mol. The molecule has 0 aliphatic carbocycles. The van der Waals surface area contributed by atoms with Crippen molar-refractivity contribution >= 4 is 22.5 Å². The molecular formula is C11H12ClN3O. The van der Waals surface area contributed by atoms with Crippen molar-refractivity contribution in [2.45, 2.75) is 13.0 Å². The molecule has 84 valence electrons. The number of aromatic nitrogens is 2. The number of nitrogens with zero attached hydrogens (tertiary/aromatic N) is 2. The fourth-order valence-electron chi connectivity index (χ4n) is 1.44. The Hall–Kier alpha value is -1.39. The van der Waals surface area contributed by atoms with Gasteiger partial charge in [-0.25, -0.2) is 9.97 Å². The Balaban J connectivity index is 2.70. The van der Waals surface area contributed by atoms with Crippen molar-refractivity contribution in [3.63, 3.8) is 0 Å². The van der Waals surface area contributed by atoms with Gasteiger partial charge in [-0.15, -0.1) is 0 Å². The van der Waals surface area contributed by atoms with Crippen molar-refractivity contribution in [1.82, 2.24) is 15.3 Å². The van der Waals surface area contributed by atoms with E-state index in [1.165, 1.54) is 0 Å². The van der Waals surface area contributed by atoms with E-state index in [0.29, 0.717) is 21.9 Å². The standard InChI is InChI=1S/C11H12ClN3O/c1-6(13-2)11-14-9-7(10(12)15-11)4-3-5-8(9)16/h3-6,13,16H,1-2H3. The van der Waals surface area contributed by atoms with Crippen molar-refractivity contribution in [2.75, 3.05) is 7.05 Å². The molecule has 1 aromatic carbocycles. The zero-order valence-corrected chi connectivity index (χ0v) is 9.78. The number of hydrogen-bond donors (Lipinski definition) is 2. The lowest BCUT2D eigenvalue weighted by atomic mass is 10.2. The molecule has 1 atom stereocenters. The number of para-hydroxylation sites is 1. The molecule has 0 saturated carbocycles. The molecule has 0 saturated heterocycles. The Kier molecular flexibility index (Phi) is 2.94. The summed E-state index contributed by atoms with van der Waals surface area (Å²) in [5, 5.41) is 13.8. The lowest BCUT2D eigenvalue weighted by molar-refractivity contribution is 0.479. The molecule has 0 radical (unpaired) electrons. The summed E-state index contributed by atoms with van der Waals surface area (Å²) >= 11 is 6.05.